The minimum atomic E-state index is 0. The molecule has 1 aliphatic heterocycles. The van der Waals surface area contributed by atoms with Crippen LogP contribution in [0.25, 0.3) is 10.2 Å². The van der Waals surface area contributed by atoms with Crippen LogP contribution in [-0.4, -0.2) is 41.3 Å². The van der Waals surface area contributed by atoms with Crippen molar-refractivity contribution in [2.24, 2.45) is 0 Å². The van der Waals surface area contributed by atoms with Gasteiger partial charge in [0.15, 0.2) is 11.0 Å². The summed E-state index contributed by atoms with van der Waals surface area (Å²) in [4.78, 5) is 11.7. The van der Waals surface area contributed by atoms with Crippen LogP contribution in [0, 0.1) is 0 Å². The molecule has 0 saturated carbocycles. The molecule has 3 heterocycles. The molecule has 1 aromatic carbocycles. The SMILES string of the molecule is CNC(C)Cc1noc(C2CCN(c3nc4ccccc4s3)CC2)n1.Cl. The van der Waals surface area contributed by atoms with Gasteiger partial charge in [-0.05, 0) is 38.9 Å². The summed E-state index contributed by atoms with van der Waals surface area (Å²) in [7, 11) is 1.95. The van der Waals surface area contributed by atoms with Crippen molar-refractivity contribution in [2.75, 3.05) is 25.0 Å². The molecule has 1 unspecified atom stereocenters. The van der Waals surface area contributed by atoms with Gasteiger partial charge in [-0.1, -0.05) is 28.6 Å². The Morgan fingerprint density at radius 2 is 2.04 bits per heavy atom. The Labute approximate surface area is 163 Å². The third-order valence-corrected chi connectivity index (χ3v) is 5.96. The summed E-state index contributed by atoms with van der Waals surface area (Å²) in [6, 6.07) is 8.67. The number of likely N-dealkylation sites (N-methyl/N-ethyl adjacent to an activating group) is 1. The molecule has 3 aromatic rings. The van der Waals surface area contributed by atoms with Crippen LogP contribution < -0.4 is 10.2 Å². The number of benzene rings is 1. The summed E-state index contributed by atoms with van der Waals surface area (Å²) in [5, 5.41) is 8.46. The van der Waals surface area contributed by atoms with Crippen molar-refractivity contribution < 1.29 is 4.52 Å². The quantitative estimate of drug-likeness (QED) is 0.713. The first-order chi connectivity index (χ1) is 12.2. The van der Waals surface area contributed by atoms with Crippen LogP contribution in [0.5, 0.6) is 0 Å². The lowest BCUT2D eigenvalue weighted by molar-refractivity contribution is 0.326. The van der Waals surface area contributed by atoms with Gasteiger partial charge >= 0.3 is 0 Å². The van der Waals surface area contributed by atoms with E-state index < -0.39 is 0 Å². The fraction of sp³-hybridized carbons (Fsp3) is 0.500. The molecule has 0 amide bonds. The number of aromatic nitrogens is 3. The van der Waals surface area contributed by atoms with Gasteiger partial charge < -0.3 is 14.7 Å². The number of nitrogens with one attached hydrogen (secondary N) is 1. The lowest BCUT2D eigenvalue weighted by Crippen LogP contribution is -2.32. The molecule has 0 aliphatic carbocycles. The number of rotatable bonds is 5. The van der Waals surface area contributed by atoms with Crippen LogP contribution in [0.15, 0.2) is 28.8 Å². The lowest BCUT2D eigenvalue weighted by atomic mass is 9.97. The Hall–Kier alpha value is -1.70. The number of hydrogen-bond donors (Lipinski definition) is 1. The van der Waals surface area contributed by atoms with Gasteiger partial charge in [-0.15, -0.1) is 12.4 Å². The van der Waals surface area contributed by atoms with E-state index in [1.165, 1.54) is 4.70 Å². The third kappa shape index (κ3) is 4.00. The molecule has 0 bridgehead atoms. The highest BCUT2D eigenvalue weighted by Gasteiger charge is 2.26. The number of nitrogens with zero attached hydrogens (tertiary/aromatic N) is 4. The van der Waals surface area contributed by atoms with E-state index in [1.807, 2.05) is 13.1 Å². The maximum Gasteiger partial charge on any atom is 0.229 e. The third-order valence-electron chi connectivity index (χ3n) is 4.86. The van der Waals surface area contributed by atoms with Crippen LogP contribution >= 0.6 is 23.7 Å². The van der Waals surface area contributed by atoms with Gasteiger partial charge in [0.1, 0.15) is 0 Å². The number of fused-ring (bicyclic) bond motifs is 1. The summed E-state index contributed by atoms with van der Waals surface area (Å²) in [6.45, 7) is 4.08. The zero-order valence-electron chi connectivity index (χ0n) is 15.0. The summed E-state index contributed by atoms with van der Waals surface area (Å²) >= 11 is 1.77. The molecule has 0 spiro atoms. The summed E-state index contributed by atoms with van der Waals surface area (Å²) < 4.78 is 6.77. The van der Waals surface area contributed by atoms with E-state index in [0.717, 1.165) is 54.7 Å². The van der Waals surface area contributed by atoms with Gasteiger partial charge in [0.2, 0.25) is 5.89 Å². The van der Waals surface area contributed by atoms with Crippen molar-refractivity contribution in [3.05, 3.63) is 36.0 Å². The van der Waals surface area contributed by atoms with E-state index in [4.69, 9.17) is 9.51 Å². The predicted octanol–water partition coefficient (Wildman–Crippen LogP) is 3.64. The van der Waals surface area contributed by atoms with E-state index in [1.54, 1.807) is 11.3 Å². The molecular formula is C18H24ClN5OS. The normalized spacial score (nSPS) is 16.6. The Balaban J connectivity index is 0.00000196. The van der Waals surface area contributed by atoms with Crippen LogP contribution in [0.4, 0.5) is 5.13 Å². The monoisotopic (exact) mass is 393 g/mol. The maximum absolute atomic E-state index is 5.52. The molecule has 1 N–H and O–H groups in total. The molecule has 1 fully saturated rings. The number of anilines is 1. The average molecular weight is 394 g/mol. The number of hydrogen-bond acceptors (Lipinski definition) is 7. The van der Waals surface area contributed by atoms with Crippen LogP contribution in [0.3, 0.4) is 0 Å². The van der Waals surface area contributed by atoms with Gasteiger partial charge in [0.25, 0.3) is 0 Å². The van der Waals surface area contributed by atoms with Crippen LogP contribution in [0.1, 0.15) is 37.4 Å². The van der Waals surface area contributed by atoms with Crippen LogP contribution in [-0.2, 0) is 6.42 Å². The van der Waals surface area contributed by atoms with E-state index >= 15 is 0 Å². The zero-order chi connectivity index (χ0) is 17.2. The first kappa shape index (κ1) is 19.1. The predicted molar refractivity (Wildman–Crippen MR) is 108 cm³/mol. The molecule has 26 heavy (non-hydrogen) atoms. The summed E-state index contributed by atoms with van der Waals surface area (Å²) in [5.41, 5.74) is 1.09. The molecule has 4 rings (SSSR count). The van der Waals surface area contributed by atoms with E-state index in [0.29, 0.717) is 12.0 Å². The zero-order valence-corrected chi connectivity index (χ0v) is 16.6. The molecule has 8 heteroatoms. The molecular weight excluding hydrogens is 370 g/mol. The number of para-hydroxylation sites is 1. The van der Waals surface area contributed by atoms with Crippen molar-refractivity contribution in [3.8, 4) is 0 Å². The van der Waals surface area contributed by atoms with Gasteiger partial charge in [-0.25, -0.2) is 4.98 Å². The standard InChI is InChI=1S/C18H23N5OS.ClH/c1-12(19-2)11-16-21-17(24-22-16)13-7-9-23(10-8-13)18-20-14-5-3-4-6-15(14)25-18;/h3-6,12-13,19H,7-11H2,1-2H3;1H. The minimum absolute atomic E-state index is 0. The van der Waals surface area contributed by atoms with Gasteiger partial charge in [0, 0.05) is 31.5 Å². The van der Waals surface area contributed by atoms with Crippen molar-refractivity contribution in [2.45, 2.75) is 38.1 Å². The second kappa shape index (κ2) is 8.33. The molecule has 6 nitrogen and oxygen atoms in total. The van der Waals surface area contributed by atoms with Crippen LogP contribution in [0.2, 0.25) is 0 Å². The second-order valence-corrected chi connectivity index (χ2v) is 7.68. The Morgan fingerprint density at radius 1 is 1.27 bits per heavy atom. The van der Waals surface area contributed by atoms with E-state index in [9.17, 15) is 0 Å². The Kier molecular flexibility index (Phi) is 6.11. The van der Waals surface area contributed by atoms with Gasteiger partial charge in [-0.3, -0.25) is 0 Å². The van der Waals surface area contributed by atoms with E-state index in [-0.39, 0.29) is 12.4 Å². The molecule has 140 valence electrons. The van der Waals surface area contributed by atoms with Crippen molar-refractivity contribution in [1.29, 1.82) is 0 Å². The topological polar surface area (TPSA) is 67.1 Å². The lowest BCUT2D eigenvalue weighted by Gasteiger charge is -2.29. The van der Waals surface area contributed by atoms with Gasteiger partial charge in [-0.2, -0.15) is 4.98 Å². The van der Waals surface area contributed by atoms with Crippen molar-refractivity contribution in [3.63, 3.8) is 0 Å². The fourth-order valence-electron chi connectivity index (χ4n) is 3.21. The highest BCUT2D eigenvalue weighted by atomic mass is 35.5. The van der Waals surface area contributed by atoms with Crippen molar-refractivity contribution >= 4 is 39.1 Å². The molecule has 0 radical (unpaired) electrons. The maximum atomic E-state index is 5.52. The van der Waals surface area contributed by atoms with Crippen molar-refractivity contribution in [1.82, 2.24) is 20.4 Å². The summed E-state index contributed by atoms with van der Waals surface area (Å²) in [6.07, 6.45) is 2.85. The fourth-order valence-corrected chi connectivity index (χ4v) is 4.22. The minimum Gasteiger partial charge on any atom is -0.348 e. The number of thiazole rings is 1. The highest BCUT2D eigenvalue weighted by molar-refractivity contribution is 7.22. The molecule has 2 aromatic heterocycles. The Bertz CT molecular complexity index is 810. The number of halogens is 1. The first-order valence-corrected chi connectivity index (χ1v) is 9.65. The second-order valence-electron chi connectivity index (χ2n) is 6.67. The van der Waals surface area contributed by atoms with E-state index in [2.05, 4.69) is 45.5 Å². The van der Waals surface area contributed by atoms with Gasteiger partial charge in [0.05, 0.1) is 10.2 Å². The average Bonchev–Trinajstić information content (AvgIpc) is 3.28. The summed E-state index contributed by atoms with van der Waals surface area (Å²) in [5.74, 6) is 1.95. The highest BCUT2D eigenvalue weighted by Crippen LogP contribution is 2.33. The Morgan fingerprint density at radius 3 is 2.77 bits per heavy atom. The molecule has 1 aliphatic rings. The molecule has 1 atom stereocenters. The largest absolute Gasteiger partial charge is 0.348 e. The first-order valence-electron chi connectivity index (χ1n) is 8.83. The smallest absolute Gasteiger partial charge is 0.229 e. The number of piperidine rings is 1. The molecule has 1 saturated heterocycles.